The van der Waals surface area contributed by atoms with Gasteiger partial charge in [-0.25, -0.2) is 4.39 Å². The fourth-order valence-electron chi connectivity index (χ4n) is 2.33. The van der Waals surface area contributed by atoms with Gasteiger partial charge in [-0.3, -0.25) is 9.69 Å². The molecule has 0 saturated carbocycles. The molecule has 0 aliphatic carbocycles. The molecule has 1 aliphatic heterocycles. The molecular formula is C16H22FNO4. The second-order valence-electron chi connectivity index (χ2n) is 5.31. The number of carbonyl (C=O) groups excluding carboxylic acids is 1. The molecule has 1 atom stereocenters. The van der Waals surface area contributed by atoms with Crippen LogP contribution in [-0.4, -0.2) is 56.9 Å². The van der Waals surface area contributed by atoms with Crippen LogP contribution in [0.15, 0.2) is 18.2 Å². The van der Waals surface area contributed by atoms with Gasteiger partial charge in [0.25, 0.3) is 0 Å². The van der Waals surface area contributed by atoms with Gasteiger partial charge in [-0.05, 0) is 18.6 Å². The summed E-state index contributed by atoms with van der Waals surface area (Å²) in [7, 11) is 1.28. The summed E-state index contributed by atoms with van der Waals surface area (Å²) in [5.41, 5.74) is 0.306. The summed E-state index contributed by atoms with van der Waals surface area (Å²) < 4.78 is 29.4. The van der Waals surface area contributed by atoms with E-state index in [4.69, 9.17) is 9.47 Å². The van der Waals surface area contributed by atoms with Crippen molar-refractivity contribution in [3.8, 4) is 5.75 Å². The van der Waals surface area contributed by atoms with E-state index in [0.717, 1.165) is 26.3 Å². The average molecular weight is 311 g/mol. The van der Waals surface area contributed by atoms with Crippen LogP contribution in [0.3, 0.4) is 0 Å². The lowest BCUT2D eigenvalue weighted by atomic mass is 10.1. The SMILES string of the molecule is COC(=O)Cc1ccc(OC[C@@H](C)N2CCOCC2)cc1F. The fraction of sp³-hybridized carbons (Fsp3) is 0.562. The summed E-state index contributed by atoms with van der Waals surface area (Å²) in [6, 6.07) is 4.78. The standard InChI is InChI=1S/C16H22FNO4/c1-12(18-5-7-21-8-6-18)11-22-14-4-3-13(15(17)10-14)9-16(19)20-2/h3-4,10,12H,5-9,11H2,1-2H3/t12-/m1/s1. The van der Waals surface area contributed by atoms with Crippen LogP contribution in [0.25, 0.3) is 0 Å². The first kappa shape index (κ1) is 16.7. The van der Waals surface area contributed by atoms with Gasteiger partial charge in [-0.1, -0.05) is 6.07 Å². The number of carbonyl (C=O) groups is 1. The summed E-state index contributed by atoms with van der Waals surface area (Å²) in [5, 5.41) is 0. The van der Waals surface area contributed by atoms with Gasteiger partial charge in [0.05, 0.1) is 26.7 Å². The van der Waals surface area contributed by atoms with Crippen molar-refractivity contribution in [1.82, 2.24) is 4.90 Å². The molecule has 22 heavy (non-hydrogen) atoms. The number of benzene rings is 1. The molecule has 1 aromatic rings. The van der Waals surface area contributed by atoms with Crippen molar-refractivity contribution in [2.45, 2.75) is 19.4 Å². The molecule has 5 nitrogen and oxygen atoms in total. The third-order valence-electron chi connectivity index (χ3n) is 3.75. The van der Waals surface area contributed by atoms with Crippen molar-refractivity contribution in [2.75, 3.05) is 40.0 Å². The van der Waals surface area contributed by atoms with Crippen LogP contribution >= 0.6 is 0 Å². The van der Waals surface area contributed by atoms with Crippen LogP contribution in [0.4, 0.5) is 4.39 Å². The first-order chi connectivity index (χ1) is 10.6. The van der Waals surface area contributed by atoms with Gasteiger partial charge in [-0.2, -0.15) is 0 Å². The summed E-state index contributed by atoms with van der Waals surface area (Å²) in [6.45, 7) is 5.80. The molecule has 0 bridgehead atoms. The Balaban J connectivity index is 1.87. The van der Waals surface area contributed by atoms with Crippen LogP contribution < -0.4 is 4.74 Å². The lowest BCUT2D eigenvalue weighted by Gasteiger charge is -2.32. The number of morpholine rings is 1. The van der Waals surface area contributed by atoms with Crippen molar-refractivity contribution >= 4 is 5.97 Å². The second-order valence-corrected chi connectivity index (χ2v) is 5.31. The minimum absolute atomic E-state index is 0.0766. The Labute approximate surface area is 130 Å². The van der Waals surface area contributed by atoms with E-state index in [1.54, 1.807) is 12.1 Å². The lowest BCUT2D eigenvalue weighted by molar-refractivity contribution is -0.139. The average Bonchev–Trinajstić information content (AvgIpc) is 2.55. The van der Waals surface area contributed by atoms with Crippen molar-refractivity contribution in [3.63, 3.8) is 0 Å². The van der Waals surface area contributed by atoms with Gasteiger partial charge in [0, 0.05) is 25.2 Å². The predicted octanol–water partition coefficient (Wildman–Crippen LogP) is 1.64. The Kier molecular flexibility index (Phi) is 6.15. The maximum absolute atomic E-state index is 13.9. The molecule has 1 fully saturated rings. The highest BCUT2D eigenvalue weighted by molar-refractivity contribution is 5.72. The Hall–Kier alpha value is -1.66. The number of hydrogen-bond donors (Lipinski definition) is 0. The zero-order chi connectivity index (χ0) is 15.9. The number of hydrogen-bond acceptors (Lipinski definition) is 5. The molecule has 0 amide bonds. The summed E-state index contributed by atoms with van der Waals surface area (Å²) in [4.78, 5) is 13.5. The third-order valence-corrected chi connectivity index (χ3v) is 3.75. The van der Waals surface area contributed by atoms with Crippen LogP contribution in [0.1, 0.15) is 12.5 Å². The van der Waals surface area contributed by atoms with Crippen molar-refractivity contribution in [3.05, 3.63) is 29.6 Å². The van der Waals surface area contributed by atoms with Crippen LogP contribution in [0.5, 0.6) is 5.75 Å². The molecule has 6 heteroatoms. The van der Waals surface area contributed by atoms with E-state index in [2.05, 4.69) is 16.6 Å². The molecule has 0 aromatic heterocycles. The number of nitrogens with zero attached hydrogens (tertiary/aromatic N) is 1. The first-order valence-electron chi connectivity index (χ1n) is 7.40. The van der Waals surface area contributed by atoms with E-state index in [0.29, 0.717) is 17.9 Å². The minimum Gasteiger partial charge on any atom is -0.492 e. The summed E-state index contributed by atoms with van der Waals surface area (Å²) in [6.07, 6.45) is -0.0766. The van der Waals surface area contributed by atoms with Crippen molar-refractivity contribution in [2.24, 2.45) is 0 Å². The van der Waals surface area contributed by atoms with Gasteiger partial charge < -0.3 is 14.2 Å². The van der Waals surface area contributed by atoms with E-state index in [1.807, 2.05) is 0 Å². The van der Waals surface area contributed by atoms with Gasteiger partial charge in [-0.15, -0.1) is 0 Å². The Morgan fingerprint density at radius 2 is 2.14 bits per heavy atom. The van der Waals surface area contributed by atoms with Gasteiger partial charge in [0.15, 0.2) is 0 Å². The molecular weight excluding hydrogens is 289 g/mol. The maximum atomic E-state index is 13.9. The molecule has 2 rings (SSSR count). The Morgan fingerprint density at radius 1 is 1.41 bits per heavy atom. The quantitative estimate of drug-likeness (QED) is 0.748. The zero-order valence-corrected chi connectivity index (χ0v) is 13.0. The van der Waals surface area contributed by atoms with Crippen LogP contribution in [-0.2, 0) is 20.7 Å². The Morgan fingerprint density at radius 3 is 2.77 bits per heavy atom. The molecule has 0 radical (unpaired) electrons. The highest BCUT2D eigenvalue weighted by Gasteiger charge is 2.17. The predicted molar refractivity (Wildman–Crippen MR) is 79.5 cm³/mol. The monoisotopic (exact) mass is 311 g/mol. The topological polar surface area (TPSA) is 48.0 Å². The van der Waals surface area contributed by atoms with Gasteiger partial charge in [0.1, 0.15) is 18.2 Å². The lowest BCUT2D eigenvalue weighted by Crippen LogP contribution is -2.44. The van der Waals surface area contributed by atoms with Crippen LogP contribution in [0, 0.1) is 5.82 Å². The number of methoxy groups -OCH3 is 1. The van der Waals surface area contributed by atoms with Crippen molar-refractivity contribution < 1.29 is 23.4 Å². The molecule has 1 aliphatic rings. The number of rotatable bonds is 6. The van der Waals surface area contributed by atoms with E-state index in [1.165, 1.54) is 13.2 Å². The van der Waals surface area contributed by atoms with Gasteiger partial charge >= 0.3 is 5.97 Å². The number of ether oxygens (including phenoxy) is 3. The number of esters is 1. The molecule has 1 saturated heterocycles. The van der Waals surface area contributed by atoms with E-state index in [-0.39, 0.29) is 12.5 Å². The molecule has 0 spiro atoms. The number of halogens is 1. The summed E-state index contributed by atoms with van der Waals surface area (Å²) >= 11 is 0. The maximum Gasteiger partial charge on any atom is 0.310 e. The van der Waals surface area contributed by atoms with E-state index >= 15 is 0 Å². The highest BCUT2D eigenvalue weighted by Crippen LogP contribution is 2.18. The molecule has 0 N–H and O–H groups in total. The minimum atomic E-state index is -0.464. The van der Waals surface area contributed by atoms with E-state index < -0.39 is 11.8 Å². The molecule has 1 aromatic carbocycles. The van der Waals surface area contributed by atoms with E-state index in [9.17, 15) is 9.18 Å². The largest absolute Gasteiger partial charge is 0.492 e. The smallest absolute Gasteiger partial charge is 0.310 e. The van der Waals surface area contributed by atoms with Crippen LogP contribution in [0.2, 0.25) is 0 Å². The normalized spacial score (nSPS) is 17.0. The molecule has 1 heterocycles. The van der Waals surface area contributed by atoms with Crippen molar-refractivity contribution in [1.29, 1.82) is 0 Å². The summed E-state index contributed by atoms with van der Waals surface area (Å²) in [5.74, 6) is -0.457. The zero-order valence-electron chi connectivity index (χ0n) is 13.0. The molecule has 122 valence electrons. The molecule has 0 unspecified atom stereocenters. The highest BCUT2D eigenvalue weighted by atomic mass is 19.1. The van der Waals surface area contributed by atoms with Gasteiger partial charge in [0.2, 0.25) is 0 Å². The first-order valence-corrected chi connectivity index (χ1v) is 7.40. The second kappa shape index (κ2) is 8.10. The Bertz CT molecular complexity index is 503. The fourth-order valence-corrected chi connectivity index (χ4v) is 2.33. The third kappa shape index (κ3) is 4.68.